The van der Waals surface area contributed by atoms with Crippen LogP contribution in [0, 0.1) is 5.92 Å². The number of rotatable bonds is 25. The van der Waals surface area contributed by atoms with Crippen molar-refractivity contribution in [2.24, 2.45) is 5.92 Å². The first kappa shape index (κ1) is 47.1. The van der Waals surface area contributed by atoms with Crippen molar-refractivity contribution >= 4 is 39.3 Å². The molecule has 0 aliphatic heterocycles. The summed E-state index contributed by atoms with van der Waals surface area (Å²) in [6.45, 7) is 23.4. The summed E-state index contributed by atoms with van der Waals surface area (Å²) in [5.41, 5.74) is 4.42. The van der Waals surface area contributed by atoms with Gasteiger partial charge in [0.2, 0.25) is 0 Å². The van der Waals surface area contributed by atoms with Gasteiger partial charge in [-0.05, 0) is 56.8 Å². The number of hydrogen-bond donors (Lipinski definition) is 0. The fourth-order valence-corrected chi connectivity index (χ4v) is 8.49. The van der Waals surface area contributed by atoms with Crippen molar-refractivity contribution in [1.29, 1.82) is 0 Å². The van der Waals surface area contributed by atoms with E-state index < -0.39 is 22.3 Å². The first-order valence-electron chi connectivity index (χ1n) is 21.3. The average molecular weight is 865 g/mol. The normalized spacial score (nSPS) is 16.6. The average Bonchev–Trinajstić information content (AvgIpc) is 3.88. The highest BCUT2D eigenvalue weighted by molar-refractivity contribution is 6.76. The van der Waals surface area contributed by atoms with Crippen LogP contribution in [-0.2, 0) is 38.0 Å². The lowest BCUT2D eigenvalue weighted by Gasteiger charge is -2.31. The molecule has 3 aromatic heterocycles. The number of carbonyl (C=O) groups is 1. The summed E-state index contributed by atoms with van der Waals surface area (Å²) in [7, 11) is 0.522. The zero-order valence-corrected chi connectivity index (χ0v) is 39.4. The topological polar surface area (TPSA) is 133 Å². The van der Waals surface area contributed by atoms with Crippen LogP contribution in [0.1, 0.15) is 50.0 Å². The van der Waals surface area contributed by atoms with Gasteiger partial charge in [0.05, 0.1) is 61.2 Å². The van der Waals surface area contributed by atoms with Crippen LogP contribution in [0.15, 0.2) is 55.5 Å². The number of anilines is 1. The molecule has 14 nitrogen and oxygen atoms in total. The van der Waals surface area contributed by atoms with Gasteiger partial charge in [-0.3, -0.25) is 4.79 Å². The molecule has 0 radical (unpaired) electrons. The standard InChI is InChI=1S/C44H68N6O8Si2/c1-11-56-33(2)40-41(39(53-4)30-58-37-19-17-34(18-20-37)44(51)57-22-21-52-3)47-42-38(35-27-45-49(29-35)36-15-13-12-14-16-36)28-46-50(42)43(40)48(31-54-23-25-59(5,6)7)32-55-24-26-60(8,9)10/h12-16,27-29,34,37,39H,2,11,17-26,30-32H2,1,3-10H3. The maximum absolute atomic E-state index is 12.7. The molecule has 5 rings (SSSR count). The SMILES string of the molecule is C=C(OCC)c1c(C(COC2CCC(C(=O)OCCOC)CC2)OC)nc2c(-c3cnn(-c4ccccc4)c3)cnn2c1N(COCC[Si](C)(C)C)COCC[Si](C)(C)C. The first-order chi connectivity index (χ1) is 28.7. The fourth-order valence-electron chi connectivity index (χ4n) is 6.98. The monoisotopic (exact) mass is 864 g/mol. The summed E-state index contributed by atoms with van der Waals surface area (Å²) in [6.07, 6.45) is 7.80. The van der Waals surface area contributed by atoms with Gasteiger partial charge in [-0.15, -0.1) is 0 Å². The summed E-state index contributed by atoms with van der Waals surface area (Å²) in [5.74, 6) is 0.778. The summed E-state index contributed by atoms with van der Waals surface area (Å²) >= 11 is 0. The second kappa shape index (κ2) is 22.3. The van der Waals surface area contributed by atoms with Crippen molar-refractivity contribution in [3.8, 4) is 16.8 Å². The molecule has 0 spiro atoms. The van der Waals surface area contributed by atoms with Crippen LogP contribution in [0.4, 0.5) is 5.82 Å². The van der Waals surface area contributed by atoms with Crippen LogP contribution in [0.3, 0.4) is 0 Å². The Bertz CT molecular complexity index is 1930. The molecule has 0 N–H and O–H groups in total. The molecule has 1 atom stereocenters. The van der Waals surface area contributed by atoms with Crippen molar-refractivity contribution in [3.05, 3.63) is 66.8 Å². The van der Waals surface area contributed by atoms with E-state index in [1.807, 2.05) is 65.0 Å². The maximum atomic E-state index is 12.7. The zero-order chi connectivity index (χ0) is 43.3. The number of aromatic nitrogens is 5. The molecule has 1 saturated carbocycles. The van der Waals surface area contributed by atoms with E-state index in [1.165, 1.54) is 0 Å². The van der Waals surface area contributed by atoms with E-state index in [4.69, 9.17) is 48.3 Å². The van der Waals surface area contributed by atoms with Crippen molar-refractivity contribution in [2.75, 3.05) is 72.2 Å². The second-order valence-corrected chi connectivity index (χ2v) is 29.0. The summed E-state index contributed by atoms with van der Waals surface area (Å²) in [5, 5.41) is 9.69. The van der Waals surface area contributed by atoms with E-state index >= 15 is 0 Å². The zero-order valence-electron chi connectivity index (χ0n) is 37.4. The third-order valence-electron chi connectivity index (χ3n) is 10.6. The molecule has 4 aromatic rings. The van der Waals surface area contributed by atoms with Gasteiger partial charge >= 0.3 is 5.97 Å². The lowest BCUT2D eigenvalue weighted by Crippen LogP contribution is -2.35. The van der Waals surface area contributed by atoms with Crippen LogP contribution < -0.4 is 4.90 Å². The number of carbonyl (C=O) groups excluding carboxylic acids is 1. The third-order valence-corrected chi connectivity index (χ3v) is 14.0. The maximum Gasteiger partial charge on any atom is 0.309 e. The predicted molar refractivity (Wildman–Crippen MR) is 241 cm³/mol. The fraction of sp³-hybridized carbons (Fsp3) is 0.591. The summed E-state index contributed by atoms with van der Waals surface area (Å²) < 4.78 is 46.1. The molecule has 1 fully saturated rings. The second-order valence-electron chi connectivity index (χ2n) is 17.8. The molecule has 330 valence electrons. The van der Waals surface area contributed by atoms with Gasteiger partial charge in [0.1, 0.15) is 37.7 Å². The Hall–Kier alpha value is -3.91. The first-order valence-corrected chi connectivity index (χ1v) is 28.7. The molecule has 0 bridgehead atoms. The number of fused-ring (bicyclic) bond motifs is 1. The lowest BCUT2D eigenvalue weighted by atomic mass is 9.87. The van der Waals surface area contributed by atoms with E-state index in [9.17, 15) is 4.79 Å². The minimum Gasteiger partial charge on any atom is -0.494 e. The van der Waals surface area contributed by atoms with E-state index in [-0.39, 0.29) is 44.7 Å². The van der Waals surface area contributed by atoms with Crippen molar-refractivity contribution in [3.63, 3.8) is 0 Å². The van der Waals surface area contributed by atoms with Gasteiger partial charge in [0, 0.05) is 60.9 Å². The smallest absolute Gasteiger partial charge is 0.309 e. The number of hydrogen-bond acceptors (Lipinski definition) is 12. The number of methoxy groups -OCH3 is 2. The van der Waals surface area contributed by atoms with Crippen LogP contribution in [0.2, 0.25) is 51.4 Å². The Kier molecular flexibility index (Phi) is 17.5. The van der Waals surface area contributed by atoms with Crippen LogP contribution in [-0.4, -0.2) is 120 Å². The largest absolute Gasteiger partial charge is 0.494 e. The summed E-state index contributed by atoms with van der Waals surface area (Å²) in [4.78, 5) is 20.1. The van der Waals surface area contributed by atoms with E-state index in [1.54, 1.807) is 14.2 Å². The molecule has 0 amide bonds. The molecule has 3 heterocycles. The number of ether oxygens (including phenoxy) is 7. The Morgan fingerprint density at radius 2 is 1.55 bits per heavy atom. The molecule has 60 heavy (non-hydrogen) atoms. The van der Waals surface area contributed by atoms with E-state index in [0.717, 1.165) is 41.7 Å². The van der Waals surface area contributed by atoms with E-state index in [0.29, 0.717) is 67.8 Å². The minimum absolute atomic E-state index is 0.0576. The highest BCUT2D eigenvalue weighted by Gasteiger charge is 2.33. The summed E-state index contributed by atoms with van der Waals surface area (Å²) in [6, 6.07) is 12.0. The molecule has 0 saturated heterocycles. The number of esters is 1. The molecule has 1 aliphatic carbocycles. The molecular weight excluding hydrogens is 797 g/mol. The Labute approximate surface area is 358 Å². The van der Waals surface area contributed by atoms with Crippen LogP contribution in [0.5, 0.6) is 0 Å². The van der Waals surface area contributed by atoms with E-state index in [2.05, 4.69) is 50.8 Å². The van der Waals surface area contributed by atoms with Gasteiger partial charge in [-0.2, -0.15) is 14.7 Å². The number of nitrogens with zero attached hydrogens (tertiary/aromatic N) is 6. The van der Waals surface area contributed by atoms with Gasteiger partial charge in [0.25, 0.3) is 0 Å². The highest BCUT2D eigenvalue weighted by Crippen LogP contribution is 2.38. The quantitative estimate of drug-likeness (QED) is 0.0208. The van der Waals surface area contributed by atoms with Gasteiger partial charge in [0.15, 0.2) is 5.65 Å². The van der Waals surface area contributed by atoms with Crippen LogP contribution in [0.25, 0.3) is 28.2 Å². The Morgan fingerprint density at radius 1 is 0.883 bits per heavy atom. The van der Waals surface area contributed by atoms with Gasteiger partial charge in [-0.1, -0.05) is 64.1 Å². The lowest BCUT2D eigenvalue weighted by molar-refractivity contribution is -0.152. The molecular formula is C44H68N6O8Si2. The van der Waals surface area contributed by atoms with Crippen molar-refractivity contribution < 1.29 is 38.0 Å². The Balaban J connectivity index is 1.56. The highest BCUT2D eigenvalue weighted by atomic mass is 28.3. The molecule has 1 aliphatic rings. The molecule has 1 unspecified atom stereocenters. The van der Waals surface area contributed by atoms with Crippen molar-refractivity contribution in [1.82, 2.24) is 24.4 Å². The molecule has 16 heteroatoms. The van der Waals surface area contributed by atoms with Gasteiger partial charge < -0.3 is 38.1 Å². The molecule has 1 aromatic carbocycles. The Morgan fingerprint density at radius 3 is 2.15 bits per heavy atom. The third kappa shape index (κ3) is 13.3. The van der Waals surface area contributed by atoms with Crippen molar-refractivity contribution in [2.45, 2.75) is 96.2 Å². The minimum atomic E-state index is -1.37. The van der Waals surface area contributed by atoms with Gasteiger partial charge in [-0.25, -0.2) is 9.67 Å². The number of benzene rings is 1. The number of para-hydroxylation sites is 1. The predicted octanol–water partition coefficient (Wildman–Crippen LogP) is 8.47. The van der Waals surface area contributed by atoms with Crippen LogP contribution >= 0.6 is 0 Å².